The standard InChI is InChI=1S/C25H22F2N4O2/c1-25(2,33)20-5-4-16(18-12-30(3)29-23(18)20)15-8-21(26)19(22(27)9-15)13-31-11-14-6-7-28-10-17(14)24(31)32/h4-10,12,33H,11,13H2,1-3H3. The molecule has 0 saturated carbocycles. The molecule has 0 radical (unpaired) electrons. The van der Waals surface area contributed by atoms with E-state index in [-0.39, 0.29) is 24.6 Å². The van der Waals surface area contributed by atoms with Crippen LogP contribution in [0.25, 0.3) is 22.0 Å². The highest BCUT2D eigenvalue weighted by Gasteiger charge is 2.29. The van der Waals surface area contributed by atoms with E-state index in [9.17, 15) is 9.90 Å². The molecule has 1 N–H and O–H groups in total. The predicted molar refractivity (Wildman–Crippen MR) is 119 cm³/mol. The Labute approximate surface area is 189 Å². The number of aliphatic hydroxyl groups is 1. The summed E-state index contributed by atoms with van der Waals surface area (Å²) in [6.07, 6.45) is 4.83. The number of carbonyl (C=O) groups is 1. The van der Waals surface area contributed by atoms with Gasteiger partial charge in [0.25, 0.3) is 5.91 Å². The average molecular weight is 448 g/mol. The molecular weight excluding hydrogens is 426 g/mol. The molecule has 2 aromatic carbocycles. The Balaban J connectivity index is 1.53. The van der Waals surface area contributed by atoms with Crippen LogP contribution in [0.4, 0.5) is 8.78 Å². The maximum Gasteiger partial charge on any atom is 0.256 e. The Kier molecular flexibility index (Phi) is 4.79. The summed E-state index contributed by atoms with van der Waals surface area (Å²) in [4.78, 5) is 18.0. The van der Waals surface area contributed by atoms with Gasteiger partial charge < -0.3 is 10.0 Å². The number of halogens is 2. The molecule has 0 spiro atoms. The smallest absolute Gasteiger partial charge is 0.256 e. The van der Waals surface area contributed by atoms with Crippen LogP contribution in [-0.4, -0.2) is 30.7 Å². The third-order valence-electron chi connectivity index (χ3n) is 6.04. The van der Waals surface area contributed by atoms with Crippen molar-refractivity contribution in [1.29, 1.82) is 0 Å². The molecule has 2 aromatic heterocycles. The Bertz CT molecular complexity index is 1400. The highest BCUT2D eigenvalue weighted by Crippen LogP contribution is 2.36. The molecule has 0 atom stereocenters. The molecule has 3 heterocycles. The molecule has 0 saturated heterocycles. The summed E-state index contributed by atoms with van der Waals surface area (Å²) in [6, 6.07) is 7.75. The second kappa shape index (κ2) is 7.45. The number of nitrogens with zero attached hydrogens (tertiary/aromatic N) is 4. The van der Waals surface area contributed by atoms with Gasteiger partial charge in [-0.3, -0.25) is 14.5 Å². The van der Waals surface area contributed by atoms with E-state index in [0.717, 1.165) is 5.56 Å². The molecule has 0 unspecified atom stereocenters. The fourth-order valence-corrected chi connectivity index (χ4v) is 4.39. The predicted octanol–water partition coefficient (Wildman–Crippen LogP) is 4.30. The molecule has 1 amide bonds. The zero-order chi connectivity index (χ0) is 23.5. The summed E-state index contributed by atoms with van der Waals surface area (Å²) in [5, 5.41) is 15.6. The van der Waals surface area contributed by atoms with E-state index in [1.807, 2.05) is 0 Å². The van der Waals surface area contributed by atoms with Crippen LogP contribution in [0.15, 0.2) is 48.9 Å². The van der Waals surface area contributed by atoms with Crippen LogP contribution in [-0.2, 0) is 25.7 Å². The summed E-state index contributed by atoms with van der Waals surface area (Å²) in [5.41, 5.74) is 2.12. The van der Waals surface area contributed by atoms with Crippen molar-refractivity contribution in [2.45, 2.75) is 32.5 Å². The third kappa shape index (κ3) is 3.56. The minimum atomic E-state index is -1.12. The second-order valence-electron chi connectivity index (χ2n) is 8.90. The fraction of sp³-hybridized carbons (Fsp3) is 0.240. The lowest BCUT2D eigenvalue weighted by Crippen LogP contribution is -2.24. The van der Waals surface area contributed by atoms with E-state index in [4.69, 9.17) is 0 Å². The van der Waals surface area contributed by atoms with Crippen molar-refractivity contribution in [3.05, 3.63) is 82.8 Å². The lowest BCUT2D eigenvalue weighted by atomic mass is 9.91. The van der Waals surface area contributed by atoms with Crippen molar-refractivity contribution < 1.29 is 18.7 Å². The highest BCUT2D eigenvalue weighted by molar-refractivity contribution is 5.98. The number of carbonyl (C=O) groups excluding carboxylic acids is 1. The van der Waals surface area contributed by atoms with Gasteiger partial charge in [-0.25, -0.2) is 8.78 Å². The maximum absolute atomic E-state index is 15.1. The Morgan fingerprint density at radius 1 is 1.12 bits per heavy atom. The molecular formula is C25H22F2N4O2. The number of benzene rings is 2. The van der Waals surface area contributed by atoms with Crippen LogP contribution >= 0.6 is 0 Å². The number of hydrogen-bond donors (Lipinski definition) is 1. The summed E-state index contributed by atoms with van der Waals surface area (Å²) >= 11 is 0. The first kappa shape index (κ1) is 21.2. The Morgan fingerprint density at radius 2 is 1.85 bits per heavy atom. The van der Waals surface area contributed by atoms with Gasteiger partial charge in [0, 0.05) is 48.7 Å². The molecule has 0 fully saturated rings. The van der Waals surface area contributed by atoms with E-state index < -0.39 is 17.2 Å². The van der Waals surface area contributed by atoms with Crippen molar-refractivity contribution in [3.63, 3.8) is 0 Å². The van der Waals surface area contributed by atoms with E-state index in [1.54, 1.807) is 56.2 Å². The van der Waals surface area contributed by atoms with Gasteiger partial charge in [0.15, 0.2) is 0 Å². The zero-order valence-electron chi connectivity index (χ0n) is 18.4. The van der Waals surface area contributed by atoms with Crippen LogP contribution in [0, 0.1) is 11.6 Å². The fourth-order valence-electron chi connectivity index (χ4n) is 4.39. The van der Waals surface area contributed by atoms with Gasteiger partial charge in [0.05, 0.1) is 23.2 Å². The average Bonchev–Trinajstić information content (AvgIpc) is 3.28. The van der Waals surface area contributed by atoms with Crippen molar-refractivity contribution in [2.24, 2.45) is 7.05 Å². The number of aryl methyl sites for hydroxylation is 1. The van der Waals surface area contributed by atoms with Crippen molar-refractivity contribution in [3.8, 4) is 11.1 Å². The second-order valence-corrected chi connectivity index (χ2v) is 8.90. The van der Waals surface area contributed by atoms with Crippen LogP contribution < -0.4 is 0 Å². The van der Waals surface area contributed by atoms with Crippen molar-refractivity contribution in [1.82, 2.24) is 19.7 Å². The maximum atomic E-state index is 15.1. The van der Waals surface area contributed by atoms with Gasteiger partial charge in [-0.05, 0) is 48.7 Å². The van der Waals surface area contributed by atoms with Crippen LogP contribution in [0.1, 0.15) is 40.9 Å². The quantitative estimate of drug-likeness (QED) is 0.506. The highest BCUT2D eigenvalue weighted by atomic mass is 19.1. The zero-order valence-corrected chi connectivity index (χ0v) is 18.4. The number of fused-ring (bicyclic) bond motifs is 2. The third-order valence-corrected chi connectivity index (χ3v) is 6.04. The SMILES string of the molecule is Cn1cc2c(-c3cc(F)c(CN4Cc5ccncc5C4=O)c(F)c3)ccc(C(C)(C)O)c2n1. The van der Waals surface area contributed by atoms with E-state index in [1.165, 1.54) is 23.2 Å². The first-order chi connectivity index (χ1) is 15.6. The Hall–Kier alpha value is -3.65. The van der Waals surface area contributed by atoms with Crippen molar-refractivity contribution in [2.75, 3.05) is 0 Å². The van der Waals surface area contributed by atoms with Crippen molar-refractivity contribution >= 4 is 16.8 Å². The molecule has 6 nitrogen and oxygen atoms in total. The molecule has 8 heteroatoms. The summed E-state index contributed by atoms with van der Waals surface area (Å²) < 4.78 is 31.9. The van der Waals surface area contributed by atoms with Gasteiger partial charge in [-0.2, -0.15) is 5.10 Å². The molecule has 168 valence electrons. The number of amides is 1. The normalized spacial score (nSPS) is 13.8. The van der Waals surface area contributed by atoms with E-state index in [0.29, 0.717) is 33.2 Å². The molecule has 1 aliphatic heterocycles. The molecule has 5 rings (SSSR count). The topological polar surface area (TPSA) is 71.2 Å². The van der Waals surface area contributed by atoms with E-state index >= 15 is 8.78 Å². The Morgan fingerprint density at radius 3 is 2.52 bits per heavy atom. The molecule has 0 bridgehead atoms. The number of hydrogen-bond acceptors (Lipinski definition) is 4. The first-order valence-electron chi connectivity index (χ1n) is 10.5. The van der Waals surface area contributed by atoms with Crippen LogP contribution in [0.5, 0.6) is 0 Å². The minimum absolute atomic E-state index is 0.164. The van der Waals surface area contributed by atoms with Gasteiger partial charge in [-0.15, -0.1) is 0 Å². The van der Waals surface area contributed by atoms with Gasteiger partial charge in [0.2, 0.25) is 0 Å². The summed E-state index contributed by atoms with van der Waals surface area (Å²) in [6.45, 7) is 3.44. The molecule has 4 aromatic rings. The summed E-state index contributed by atoms with van der Waals surface area (Å²) in [7, 11) is 1.75. The lowest BCUT2D eigenvalue weighted by molar-refractivity contribution is 0.0762. The first-order valence-corrected chi connectivity index (χ1v) is 10.5. The van der Waals surface area contributed by atoms with E-state index in [2.05, 4.69) is 10.1 Å². The summed E-state index contributed by atoms with van der Waals surface area (Å²) in [5.74, 6) is -1.74. The lowest BCUT2D eigenvalue weighted by Gasteiger charge is -2.20. The van der Waals surface area contributed by atoms with Crippen LogP contribution in [0.2, 0.25) is 0 Å². The van der Waals surface area contributed by atoms with Gasteiger partial charge in [0.1, 0.15) is 11.6 Å². The molecule has 1 aliphatic rings. The monoisotopic (exact) mass is 448 g/mol. The van der Waals surface area contributed by atoms with Gasteiger partial charge in [-0.1, -0.05) is 12.1 Å². The number of pyridine rings is 1. The molecule has 33 heavy (non-hydrogen) atoms. The number of aromatic nitrogens is 3. The minimum Gasteiger partial charge on any atom is -0.386 e. The largest absolute Gasteiger partial charge is 0.386 e. The van der Waals surface area contributed by atoms with Crippen LogP contribution in [0.3, 0.4) is 0 Å². The van der Waals surface area contributed by atoms with Gasteiger partial charge >= 0.3 is 0 Å². The molecule has 0 aliphatic carbocycles. The number of rotatable bonds is 4.